The highest BCUT2D eigenvalue weighted by Gasteiger charge is 2.19. The molecule has 0 saturated heterocycles. The van der Waals surface area contributed by atoms with Crippen molar-refractivity contribution < 1.29 is 28.6 Å². The SMILES string of the molecule is CC/C=C\C/C=C\C/C=C\C/C=C\C/C=C\CCCC(=O)OCC(COC(=O)CCCCCCCCCCCCCC/C=C\C/C=C\C/C=C\C/C=C\CC)OC(=O)CCCCCCCCCC/C=C\C/C=C\C/C=C\C/C=C\CC. The van der Waals surface area contributed by atoms with Gasteiger partial charge in [0.2, 0.25) is 0 Å². The Morgan fingerprint density at radius 2 is 0.457 bits per heavy atom. The summed E-state index contributed by atoms with van der Waals surface area (Å²) >= 11 is 0. The van der Waals surface area contributed by atoms with Crippen molar-refractivity contribution >= 4 is 17.9 Å². The van der Waals surface area contributed by atoms with Crippen LogP contribution in [0.4, 0.5) is 0 Å². The van der Waals surface area contributed by atoms with Crippen molar-refractivity contribution in [1.29, 1.82) is 0 Å². The minimum absolute atomic E-state index is 0.106. The van der Waals surface area contributed by atoms with E-state index in [0.717, 1.165) is 135 Å². The maximum Gasteiger partial charge on any atom is 0.306 e. The summed E-state index contributed by atoms with van der Waals surface area (Å²) in [5, 5.41) is 0. The van der Waals surface area contributed by atoms with Gasteiger partial charge in [0.1, 0.15) is 13.2 Å². The number of carbonyl (C=O) groups excluding carboxylic acids is 3. The molecule has 456 valence electrons. The predicted molar refractivity (Wildman–Crippen MR) is 352 cm³/mol. The van der Waals surface area contributed by atoms with Gasteiger partial charge in [-0.15, -0.1) is 0 Å². The van der Waals surface area contributed by atoms with Crippen molar-refractivity contribution in [1.82, 2.24) is 0 Å². The molecule has 0 bridgehead atoms. The Labute approximate surface area is 499 Å². The second kappa shape index (κ2) is 67.5. The van der Waals surface area contributed by atoms with E-state index in [1.807, 2.05) is 0 Å². The molecule has 0 heterocycles. The molecule has 0 aliphatic rings. The highest BCUT2D eigenvalue weighted by Crippen LogP contribution is 2.15. The fourth-order valence-corrected chi connectivity index (χ4v) is 8.70. The first-order valence-corrected chi connectivity index (χ1v) is 33.0. The first-order valence-electron chi connectivity index (χ1n) is 33.0. The topological polar surface area (TPSA) is 78.9 Å². The smallest absolute Gasteiger partial charge is 0.306 e. The van der Waals surface area contributed by atoms with Crippen LogP contribution in [0.5, 0.6) is 0 Å². The van der Waals surface area contributed by atoms with E-state index < -0.39 is 6.10 Å². The number of hydrogen-bond acceptors (Lipinski definition) is 6. The molecule has 0 radical (unpaired) electrons. The van der Waals surface area contributed by atoms with Gasteiger partial charge in [-0.25, -0.2) is 0 Å². The normalized spacial score (nSPS) is 13.2. The second-order valence-corrected chi connectivity index (χ2v) is 21.2. The monoisotopic (exact) mass is 1120 g/mol. The Morgan fingerprint density at radius 3 is 0.741 bits per heavy atom. The van der Waals surface area contributed by atoms with Crippen LogP contribution in [0.25, 0.3) is 0 Å². The Kier molecular flexibility index (Phi) is 63.4. The van der Waals surface area contributed by atoms with Gasteiger partial charge < -0.3 is 14.2 Å². The van der Waals surface area contributed by atoms with Crippen LogP contribution in [-0.4, -0.2) is 37.2 Å². The van der Waals surface area contributed by atoms with Crippen LogP contribution in [0.15, 0.2) is 158 Å². The molecule has 0 N–H and O–H groups in total. The van der Waals surface area contributed by atoms with Crippen molar-refractivity contribution in [3.05, 3.63) is 158 Å². The van der Waals surface area contributed by atoms with Crippen molar-refractivity contribution in [2.75, 3.05) is 13.2 Å². The van der Waals surface area contributed by atoms with Crippen LogP contribution in [0, 0.1) is 0 Å². The van der Waals surface area contributed by atoms with E-state index in [1.165, 1.54) is 96.3 Å². The highest BCUT2D eigenvalue weighted by atomic mass is 16.6. The molecule has 1 atom stereocenters. The molecule has 0 aliphatic carbocycles. The van der Waals surface area contributed by atoms with Crippen LogP contribution in [0.2, 0.25) is 0 Å². The van der Waals surface area contributed by atoms with Gasteiger partial charge in [-0.2, -0.15) is 0 Å². The summed E-state index contributed by atoms with van der Waals surface area (Å²) in [6.45, 7) is 6.25. The summed E-state index contributed by atoms with van der Waals surface area (Å²) < 4.78 is 16.9. The van der Waals surface area contributed by atoms with Crippen LogP contribution >= 0.6 is 0 Å². The van der Waals surface area contributed by atoms with E-state index in [-0.39, 0.29) is 37.5 Å². The van der Waals surface area contributed by atoms with Crippen LogP contribution in [-0.2, 0) is 28.6 Å². The maximum absolute atomic E-state index is 12.9. The van der Waals surface area contributed by atoms with Crippen molar-refractivity contribution in [2.45, 2.75) is 284 Å². The summed E-state index contributed by atoms with van der Waals surface area (Å²) in [6, 6.07) is 0. The van der Waals surface area contributed by atoms with Crippen molar-refractivity contribution in [3.8, 4) is 0 Å². The van der Waals surface area contributed by atoms with Gasteiger partial charge in [0.15, 0.2) is 6.10 Å². The second-order valence-electron chi connectivity index (χ2n) is 21.2. The molecule has 81 heavy (non-hydrogen) atoms. The van der Waals surface area contributed by atoms with Gasteiger partial charge in [0, 0.05) is 19.3 Å². The molecule has 0 saturated carbocycles. The van der Waals surface area contributed by atoms with E-state index in [0.29, 0.717) is 19.3 Å². The van der Waals surface area contributed by atoms with Crippen molar-refractivity contribution in [3.63, 3.8) is 0 Å². The number of carbonyl (C=O) groups is 3. The van der Waals surface area contributed by atoms with Gasteiger partial charge >= 0.3 is 17.9 Å². The number of unbranched alkanes of at least 4 members (excludes halogenated alkanes) is 21. The Hall–Kier alpha value is -4.97. The van der Waals surface area contributed by atoms with E-state index >= 15 is 0 Å². The molecular weight excluding hydrogens is 997 g/mol. The zero-order valence-corrected chi connectivity index (χ0v) is 52.2. The lowest BCUT2D eigenvalue weighted by atomic mass is 10.0. The third kappa shape index (κ3) is 65.7. The van der Waals surface area contributed by atoms with Gasteiger partial charge in [0.25, 0.3) is 0 Å². The molecule has 0 spiro atoms. The minimum Gasteiger partial charge on any atom is -0.462 e. The average Bonchev–Trinajstić information content (AvgIpc) is 3.47. The highest BCUT2D eigenvalue weighted by molar-refractivity contribution is 5.71. The third-order valence-electron chi connectivity index (χ3n) is 13.5. The summed E-state index contributed by atoms with van der Waals surface area (Å²) in [5.41, 5.74) is 0. The first kappa shape index (κ1) is 76.0. The third-order valence-corrected chi connectivity index (χ3v) is 13.5. The largest absolute Gasteiger partial charge is 0.462 e. The van der Waals surface area contributed by atoms with Gasteiger partial charge in [0.05, 0.1) is 0 Å². The van der Waals surface area contributed by atoms with E-state index in [4.69, 9.17) is 14.2 Å². The lowest BCUT2D eigenvalue weighted by molar-refractivity contribution is -0.167. The minimum atomic E-state index is -0.816. The maximum atomic E-state index is 12.9. The molecule has 0 rings (SSSR count). The Balaban J connectivity index is 4.46. The standard InChI is InChI=1S/C75H120O6/c1-4-7-10-13-16-19-22-25-28-31-33-35-36-37-38-40-41-44-47-50-53-56-59-62-65-68-74(77)80-71-72(70-79-73(76)67-64-61-58-55-52-49-46-43-30-27-24-21-18-15-12-9-6-3)81-75(78)69-66-63-60-57-54-51-48-45-42-39-34-32-29-26-23-20-17-14-11-8-5-2/h7-12,16-21,25-30,33-35,39,46,49,55,58,72H,4-6,13-15,22-24,31-32,36-38,40-45,47-48,50-54,56-57,59-71H2,1-3H3/b10-7-,11-8-,12-9-,19-16-,20-17-,21-18-,28-25-,29-26-,30-27-,35-33-,39-34-,49-46-,58-55-. The number of esters is 3. The fraction of sp³-hybridized carbons (Fsp3) is 0.613. The van der Waals surface area contributed by atoms with Crippen molar-refractivity contribution in [2.24, 2.45) is 0 Å². The van der Waals surface area contributed by atoms with Gasteiger partial charge in [-0.3, -0.25) is 14.4 Å². The Bertz CT molecular complexity index is 1810. The lowest BCUT2D eigenvalue weighted by Gasteiger charge is -2.18. The molecule has 0 aromatic carbocycles. The predicted octanol–water partition coefficient (Wildman–Crippen LogP) is 22.9. The molecule has 6 nitrogen and oxygen atoms in total. The van der Waals surface area contributed by atoms with Crippen LogP contribution in [0.3, 0.4) is 0 Å². The summed E-state index contributed by atoms with van der Waals surface area (Å²) in [5.74, 6) is -0.976. The van der Waals surface area contributed by atoms with Crippen LogP contribution < -0.4 is 0 Å². The quantitative estimate of drug-likeness (QED) is 0.0261. The molecule has 0 aromatic rings. The number of ether oxygens (including phenoxy) is 3. The first-order chi connectivity index (χ1) is 40.0. The zero-order valence-electron chi connectivity index (χ0n) is 52.2. The molecule has 0 aromatic heterocycles. The van der Waals surface area contributed by atoms with E-state index in [2.05, 4.69) is 179 Å². The van der Waals surface area contributed by atoms with E-state index in [9.17, 15) is 14.4 Å². The number of allylic oxidation sites excluding steroid dienone is 26. The molecule has 0 aliphatic heterocycles. The van der Waals surface area contributed by atoms with Gasteiger partial charge in [-0.05, 0) is 135 Å². The number of hydrogen-bond donors (Lipinski definition) is 0. The summed E-state index contributed by atoms with van der Waals surface area (Å²) in [4.78, 5) is 38.4. The molecule has 0 amide bonds. The average molecular weight is 1120 g/mol. The molecule has 1 unspecified atom stereocenters. The molecule has 0 fully saturated rings. The van der Waals surface area contributed by atoms with E-state index in [1.54, 1.807) is 0 Å². The molecule has 6 heteroatoms. The molecular formula is C75H120O6. The number of rotatable bonds is 58. The van der Waals surface area contributed by atoms with Crippen LogP contribution in [0.1, 0.15) is 278 Å². The lowest BCUT2D eigenvalue weighted by Crippen LogP contribution is -2.30. The summed E-state index contributed by atoms with van der Waals surface area (Å²) in [7, 11) is 0. The summed E-state index contributed by atoms with van der Waals surface area (Å²) in [6.07, 6.45) is 98.3. The zero-order chi connectivity index (χ0) is 58.5. The fourth-order valence-electron chi connectivity index (χ4n) is 8.70. The van der Waals surface area contributed by atoms with Gasteiger partial charge in [-0.1, -0.05) is 281 Å². The Morgan fingerprint density at radius 1 is 0.247 bits per heavy atom.